The van der Waals surface area contributed by atoms with E-state index in [1.807, 2.05) is 107 Å². The maximum Gasteiger partial charge on any atom is 0.135 e. The lowest BCUT2D eigenvalue weighted by Crippen LogP contribution is -1.93. The minimum Gasteiger partial charge on any atom is -0.456 e. The predicted octanol–water partition coefficient (Wildman–Crippen LogP) is 38.3. The molecule has 0 spiro atoms. The predicted molar refractivity (Wildman–Crippen MR) is 589 cm³/mol. The Bertz CT molecular complexity index is 8860. The van der Waals surface area contributed by atoms with E-state index in [0.717, 1.165) is 33.5 Å². The summed E-state index contributed by atoms with van der Waals surface area (Å²) in [6.45, 7) is 17.1. The van der Waals surface area contributed by atoms with Crippen LogP contribution >= 0.6 is 34.0 Å². The van der Waals surface area contributed by atoms with Gasteiger partial charge in [-0.2, -0.15) is 0 Å². The van der Waals surface area contributed by atoms with Gasteiger partial charge >= 0.3 is 0 Å². The van der Waals surface area contributed by atoms with E-state index in [2.05, 4.69) is 441 Å². The Labute approximate surface area is 802 Å². The number of thiophene rings is 3. The number of benzene rings is 20. The van der Waals surface area contributed by atoms with E-state index in [9.17, 15) is 0 Å². The molecule has 656 valence electrons. The number of furan rings is 3. The van der Waals surface area contributed by atoms with Crippen molar-refractivity contribution in [2.45, 2.75) is 55.4 Å². The highest BCUT2D eigenvalue weighted by Gasteiger charge is 2.18. The van der Waals surface area contributed by atoms with E-state index in [1.54, 1.807) is 0 Å². The second-order valence-electron chi connectivity index (χ2n) is 35.1. The van der Waals surface area contributed by atoms with Crippen LogP contribution in [0.1, 0.15) is 44.5 Å². The fraction of sp³-hybridized carbons (Fsp3) is 0.0625. The fourth-order valence-corrected chi connectivity index (χ4v) is 22.3. The molecule has 0 saturated carbocycles. The van der Waals surface area contributed by atoms with Crippen molar-refractivity contribution < 1.29 is 13.3 Å². The van der Waals surface area contributed by atoms with Crippen LogP contribution in [0.15, 0.2) is 462 Å². The van der Waals surface area contributed by atoms with Crippen LogP contribution < -0.4 is 0 Å². The van der Waals surface area contributed by atoms with E-state index in [4.69, 9.17) is 13.3 Å². The summed E-state index contributed by atoms with van der Waals surface area (Å²) in [6.07, 6.45) is 0. The molecule has 0 bridgehead atoms. The molecule has 8 heteroatoms. The highest BCUT2D eigenvalue weighted by Crippen LogP contribution is 2.42. The van der Waals surface area contributed by atoms with Crippen molar-refractivity contribution in [3.8, 4) is 33.6 Å². The maximum atomic E-state index is 5.73. The Kier molecular flexibility index (Phi) is 24.5. The minimum atomic E-state index is 0.966. The lowest BCUT2D eigenvalue weighted by molar-refractivity contribution is 0.668. The monoisotopic (exact) mass is 1810 g/mol. The molecule has 0 unspecified atom stereocenters. The molecule has 20 aromatic carbocycles. The molecule has 28 rings (SSSR count). The first-order chi connectivity index (χ1) is 66.7. The molecule has 8 aromatic heterocycles. The lowest BCUT2D eigenvalue weighted by atomic mass is 10.0. The lowest BCUT2D eigenvalue weighted by Gasteiger charge is -2.08. The van der Waals surface area contributed by atoms with Crippen molar-refractivity contribution in [2.24, 2.45) is 0 Å². The van der Waals surface area contributed by atoms with Crippen molar-refractivity contribution in [1.29, 1.82) is 0 Å². The van der Waals surface area contributed by atoms with Gasteiger partial charge in [0.15, 0.2) is 0 Å². The van der Waals surface area contributed by atoms with Gasteiger partial charge in [0, 0.05) is 126 Å². The molecule has 0 aliphatic heterocycles. The van der Waals surface area contributed by atoms with Gasteiger partial charge in [0.1, 0.15) is 33.5 Å². The molecule has 136 heavy (non-hydrogen) atoms. The smallest absolute Gasteiger partial charge is 0.135 e. The van der Waals surface area contributed by atoms with Crippen molar-refractivity contribution in [3.05, 3.63) is 493 Å². The molecule has 0 aliphatic rings. The molecule has 8 heterocycles. The molecular weight excluding hydrogens is 1710 g/mol. The van der Waals surface area contributed by atoms with Crippen LogP contribution in [0.5, 0.6) is 0 Å². The van der Waals surface area contributed by atoms with Crippen LogP contribution in [0.3, 0.4) is 0 Å². The first kappa shape index (κ1) is 86.8. The molecule has 0 atom stereocenters. The van der Waals surface area contributed by atoms with Crippen LogP contribution in [0.4, 0.5) is 0 Å². The number of fused-ring (bicyclic) bond motifs is 24. The summed E-state index contributed by atoms with van der Waals surface area (Å²) in [5, 5.41) is 20.8. The number of nitrogens with zero attached hydrogens (tertiary/aromatic N) is 2. The van der Waals surface area contributed by atoms with Crippen LogP contribution in [0, 0.1) is 55.4 Å². The molecule has 0 N–H and O–H groups in total. The molecule has 0 fully saturated rings. The normalized spacial score (nSPS) is 11.2. The fourth-order valence-electron chi connectivity index (χ4n) is 18.8. The average Bonchev–Trinajstić information content (AvgIpc) is 1.59. The number of aryl methyl sites for hydroxylation is 8. The molecule has 28 aromatic rings. The first-order valence-electron chi connectivity index (χ1n) is 46.3. The van der Waals surface area contributed by atoms with Gasteiger partial charge in [-0.25, -0.2) is 0 Å². The van der Waals surface area contributed by atoms with Crippen molar-refractivity contribution in [2.75, 3.05) is 0 Å². The van der Waals surface area contributed by atoms with Crippen LogP contribution in [0.2, 0.25) is 0 Å². The zero-order chi connectivity index (χ0) is 92.3. The quantitative estimate of drug-likeness (QED) is 0.176. The van der Waals surface area contributed by atoms with Gasteiger partial charge in [0.25, 0.3) is 0 Å². The van der Waals surface area contributed by atoms with E-state index >= 15 is 0 Å². The Morgan fingerprint density at radius 2 is 0.500 bits per heavy atom. The minimum absolute atomic E-state index is 0.966. The van der Waals surface area contributed by atoms with Gasteiger partial charge in [0.05, 0.1) is 22.1 Å². The van der Waals surface area contributed by atoms with Gasteiger partial charge in [-0.15, -0.1) is 34.0 Å². The third-order valence-electron chi connectivity index (χ3n) is 25.4. The van der Waals surface area contributed by atoms with Gasteiger partial charge in [-0.3, -0.25) is 0 Å². The molecule has 0 amide bonds. The third-order valence-corrected chi connectivity index (χ3v) is 28.9. The number of aromatic nitrogens is 2. The summed E-state index contributed by atoms with van der Waals surface area (Å²) in [5.74, 6) is 0. The highest BCUT2D eigenvalue weighted by atomic mass is 32.1. The molecule has 0 saturated heterocycles. The Morgan fingerprint density at radius 1 is 0.162 bits per heavy atom. The van der Waals surface area contributed by atoms with Gasteiger partial charge < -0.3 is 22.4 Å². The number of rotatable bonds is 4. The zero-order valence-electron chi connectivity index (χ0n) is 77.1. The summed E-state index contributed by atoms with van der Waals surface area (Å²) >= 11 is 5.62. The Morgan fingerprint density at radius 3 is 1.11 bits per heavy atom. The summed E-state index contributed by atoms with van der Waals surface area (Å²) in [4.78, 5) is 0. The second kappa shape index (κ2) is 38.3. The SMILES string of the molecule is Cc1ccc2c(c1)c1cc(-c3ccccc3)ccc1n2-c1ccccc1.Cc1ccc2c(c1)oc1ccccc12.Cc1ccc2c(c1)sc1ccccc12.Cc1ccc2c3cc(-c4ccccc4)ccc3n(-c3ccccc3)c2c1.Cc1ccc2oc3ccccc3c2c1.Cc1ccc2sc3ccccc3c2c1.Cc1cccc2oc3ccccc3c12.Cc1cccc2sc3ccccc3c12. The van der Waals surface area contributed by atoms with E-state index < -0.39 is 0 Å². The molecule has 0 radical (unpaired) electrons. The largest absolute Gasteiger partial charge is 0.456 e. The molecule has 5 nitrogen and oxygen atoms in total. The van der Waals surface area contributed by atoms with Gasteiger partial charge in [-0.1, -0.05) is 314 Å². The summed E-state index contributed by atoms with van der Waals surface area (Å²) < 4.78 is 30.2. The van der Waals surface area contributed by atoms with Crippen molar-refractivity contribution in [3.63, 3.8) is 0 Å². The first-order valence-corrected chi connectivity index (χ1v) is 48.7. The topological polar surface area (TPSA) is 49.3 Å². The highest BCUT2D eigenvalue weighted by molar-refractivity contribution is 7.26. The van der Waals surface area contributed by atoms with E-state index in [0.29, 0.717) is 0 Å². The van der Waals surface area contributed by atoms with Crippen LogP contribution in [-0.4, -0.2) is 9.13 Å². The zero-order valence-corrected chi connectivity index (χ0v) is 79.5. The summed E-state index contributed by atoms with van der Waals surface area (Å²) in [7, 11) is 0. The third kappa shape index (κ3) is 17.7. The van der Waals surface area contributed by atoms with Gasteiger partial charge in [-0.05, 0) is 257 Å². The summed E-state index contributed by atoms with van der Waals surface area (Å²) in [6, 6.07) is 158. The molecule has 0 aliphatic carbocycles. The number of hydrogen-bond acceptors (Lipinski definition) is 6. The average molecular weight is 1810 g/mol. The van der Waals surface area contributed by atoms with E-state index in [1.165, 1.54) is 215 Å². The molecular formula is C128H98N2O3S3. The number of hydrogen-bond donors (Lipinski definition) is 0. The van der Waals surface area contributed by atoms with Crippen molar-refractivity contribution >= 4 is 204 Å². The van der Waals surface area contributed by atoms with Crippen LogP contribution in [0.25, 0.3) is 204 Å². The number of para-hydroxylation sites is 5. The standard InChI is InChI=1S/2C25H19N.3C13H10O.3C13H10S/c1-18-12-14-24-22(16-18)23-17-20(19-8-4-2-5-9-19)13-15-25(23)26(24)21-10-6-3-7-11-21;1-18-12-14-22-23-17-20(19-8-4-2-5-9-19)13-15-24(23)26(25(22)16-18)21-10-6-3-7-11-21;1-9-5-4-8-12-13(9)10-6-2-3-7-11(10)14-12;1-9-6-7-13-11(8-9)10-4-2-3-5-12(10)14-13;1-9-6-7-11-10-4-2-3-5-12(10)14-13(11)8-9;1-9-5-4-8-12-13(9)10-6-2-3-7-11(10)14-12;1-9-6-7-13-11(8-9)10-4-2-3-5-12(10)14-13;1-9-6-7-11-10-4-2-3-5-12(10)14-13(11)8-9/h2*2-17H,1H3;6*2-8H,1H3. The maximum absolute atomic E-state index is 5.73. The Hall–Kier alpha value is -15.9. The second-order valence-corrected chi connectivity index (χ2v) is 38.3. The Balaban J connectivity index is 0.0000000945. The van der Waals surface area contributed by atoms with Crippen LogP contribution in [-0.2, 0) is 0 Å². The van der Waals surface area contributed by atoms with Crippen molar-refractivity contribution in [1.82, 2.24) is 9.13 Å². The van der Waals surface area contributed by atoms with Gasteiger partial charge in [0.2, 0.25) is 0 Å². The summed E-state index contributed by atoms with van der Waals surface area (Å²) in [5.41, 5.74) is 28.6. The van der Waals surface area contributed by atoms with E-state index in [-0.39, 0.29) is 0 Å².